The Morgan fingerprint density at radius 2 is 2.00 bits per heavy atom. The smallest absolute Gasteiger partial charge is 0.211 e. The zero-order chi connectivity index (χ0) is 7.54. The lowest BCUT2D eigenvalue weighted by Gasteiger charge is -1.70. The number of allylic oxidation sites excluding steroid dienone is 1. The average molecular weight is 124 g/mol. The van der Waals surface area contributed by atoms with Gasteiger partial charge in [-0.05, 0) is 6.20 Å². The molecule has 0 atom stereocenters. The van der Waals surface area contributed by atoms with E-state index in [1.165, 1.54) is 12.3 Å². The van der Waals surface area contributed by atoms with Gasteiger partial charge in [-0.25, -0.2) is 0 Å². The number of rotatable bonds is 2. The third kappa shape index (κ3) is 61.2. The molecule has 0 bridgehead atoms. The fourth-order valence-electron chi connectivity index (χ4n) is 0.0481. The SMILES string of the molecule is C=CC#N.C=CNC=O. The monoisotopic (exact) mass is 124 g/mol. The Balaban J connectivity index is 0. The summed E-state index contributed by atoms with van der Waals surface area (Å²) in [7, 11) is 0. The van der Waals surface area contributed by atoms with Crippen LogP contribution in [0.5, 0.6) is 0 Å². The van der Waals surface area contributed by atoms with Crippen LogP contribution in [0.4, 0.5) is 0 Å². The van der Waals surface area contributed by atoms with E-state index in [9.17, 15) is 4.79 Å². The Hall–Kier alpha value is -1.56. The molecule has 0 heterocycles. The van der Waals surface area contributed by atoms with Crippen LogP contribution in [0.3, 0.4) is 0 Å². The van der Waals surface area contributed by atoms with E-state index in [0.717, 1.165) is 0 Å². The Morgan fingerprint density at radius 3 is 2.00 bits per heavy atom. The molecule has 0 saturated carbocycles. The molecule has 3 nitrogen and oxygen atoms in total. The second-order valence-corrected chi connectivity index (χ2v) is 0.822. The molecular weight excluding hydrogens is 116 g/mol. The summed E-state index contributed by atoms with van der Waals surface area (Å²) in [5, 5.41) is 9.70. The van der Waals surface area contributed by atoms with Crippen LogP contribution >= 0.6 is 0 Å². The van der Waals surface area contributed by atoms with Gasteiger partial charge in [0.1, 0.15) is 0 Å². The number of hydrogen-bond acceptors (Lipinski definition) is 2. The highest BCUT2D eigenvalue weighted by Crippen LogP contribution is 1.41. The first-order chi connectivity index (χ1) is 4.33. The van der Waals surface area contributed by atoms with Gasteiger partial charge in [0.25, 0.3) is 0 Å². The lowest BCUT2D eigenvalue weighted by molar-refractivity contribution is -0.108. The molecule has 0 fully saturated rings. The Morgan fingerprint density at radius 1 is 1.56 bits per heavy atom. The van der Waals surface area contributed by atoms with Gasteiger partial charge >= 0.3 is 0 Å². The van der Waals surface area contributed by atoms with Crippen molar-refractivity contribution in [3.63, 3.8) is 0 Å². The van der Waals surface area contributed by atoms with Crippen LogP contribution in [0.15, 0.2) is 25.4 Å². The van der Waals surface area contributed by atoms with Crippen molar-refractivity contribution in [1.29, 1.82) is 5.26 Å². The van der Waals surface area contributed by atoms with E-state index in [1.807, 2.05) is 0 Å². The van der Waals surface area contributed by atoms with Gasteiger partial charge in [-0.2, -0.15) is 5.26 Å². The largest absolute Gasteiger partial charge is 0.336 e. The molecule has 0 saturated heterocycles. The van der Waals surface area contributed by atoms with Crippen LogP contribution in [0.1, 0.15) is 0 Å². The predicted molar refractivity (Wildman–Crippen MR) is 35.2 cm³/mol. The van der Waals surface area contributed by atoms with E-state index in [-0.39, 0.29) is 0 Å². The summed E-state index contributed by atoms with van der Waals surface area (Å²) in [4.78, 5) is 9.22. The van der Waals surface area contributed by atoms with Crippen molar-refractivity contribution in [2.24, 2.45) is 0 Å². The molecule has 3 heteroatoms. The molecule has 1 N–H and O–H groups in total. The van der Waals surface area contributed by atoms with Gasteiger partial charge < -0.3 is 5.32 Å². The minimum atomic E-state index is 0.562. The van der Waals surface area contributed by atoms with Gasteiger partial charge in [0, 0.05) is 6.08 Å². The first kappa shape index (κ1) is 10.4. The van der Waals surface area contributed by atoms with Crippen LogP contribution in [0.25, 0.3) is 0 Å². The van der Waals surface area contributed by atoms with Crippen molar-refractivity contribution in [2.45, 2.75) is 0 Å². The number of nitriles is 1. The number of nitrogens with zero attached hydrogens (tertiary/aromatic N) is 1. The van der Waals surface area contributed by atoms with E-state index in [2.05, 4.69) is 18.5 Å². The summed E-state index contributed by atoms with van der Waals surface area (Å²) in [5.41, 5.74) is 0. The van der Waals surface area contributed by atoms with Crippen LogP contribution in [-0.2, 0) is 4.79 Å². The highest BCUT2D eigenvalue weighted by Gasteiger charge is 1.50. The normalized spacial score (nSPS) is 4.78. The molecule has 0 unspecified atom stereocenters. The Labute approximate surface area is 54.3 Å². The van der Waals surface area contributed by atoms with E-state index < -0.39 is 0 Å². The number of hydrogen-bond donors (Lipinski definition) is 1. The third-order valence-corrected chi connectivity index (χ3v) is 0.277. The van der Waals surface area contributed by atoms with Gasteiger partial charge in [-0.15, -0.1) is 0 Å². The number of carbonyl (C=O) groups is 1. The molecule has 0 aromatic heterocycles. The predicted octanol–water partition coefficient (Wildman–Crippen LogP) is 0.572. The summed E-state index contributed by atoms with van der Waals surface area (Å²) in [6, 6.07) is 1.69. The van der Waals surface area contributed by atoms with E-state index in [1.54, 1.807) is 6.07 Å². The maximum absolute atomic E-state index is 9.22. The molecule has 1 amide bonds. The first-order valence-corrected chi connectivity index (χ1v) is 2.14. The van der Waals surface area contributed by atoms with Crippen molar-refractivity contribution < 1.29 is 4.79 Å². The molecule has 48 valence electrons. The number of carbonyl (C=O) groups excluding carboxylic acids is 1. The minimum absolute atomic E-state index is 0.562. The van der Waals surface area contributed by atoms with E-state index >= 15 is 0 Å². The van der Waals surface area contributed by atoms with Gasteiger partial charge in [-0.3, -0.25) is 4.79 Å². The standard InChI is InChI=1S/C3H5NO.C3H3N/c1-2-4-3-5;1-2-3-4/h2-3H,1H2,(H,4,5);2H,1H2. The van der Waals surface area contributed by atoms with Crippen LogP contribution in [0, 0.1) is 11.3 Å². The number of amides is 1. The quantitative estimate of drug-likeness (QED) is 0.432. The minimum Gasteiger partial charge on any atom is -0.336 e. The van der Waals surface area contributed by atoms with Crippen molar-refractivity contribution in [1.82, 2.24) is 5.32 Å². The molecule has 0 radical (unpaired) electrons. The lowest BCUT2D eigenvalue weighted by Crippen LogP contribution is -1.96. The van der Waals surface area contributed by atoms with Crippen molar-refractivity contribution >= 4 is 6.41 Å². The maximum atomic E-state index is 9.22. The summed E-state index contributed by atoms with van der Waals surface area (Å²) >= 11 is 0. The van der Waals surface area contributed by atoms with Gasteiger partial charge in [0.2, 0.25) is 6.41 Å². The Kier molecular flexibility index (Phi) is 18.7. The summed E-state index contributed by atoms with van der Waals surface area (Å²) in [6.45, 7) is 6.33. The molecule has 0 aliphatic carbocycles. The lowest BCUT2D eigenvalue weighted by atomic mass is 10.8. The van der Waals surface area contributed by atoms with Crippen molar-refractivity contribution in [3.05, 3.63) is 25.4 Å². The van der Waals surface area contributed by atoms with Gasteiger partial charge in [-0.1, -0.05) is 13.2 Å². The highest BCUT2D eigenvalue weighted by atomic mass is 16.1. The summed E-state index contributed by atoms with van der Waals surface area (Å²) in [5.74, 6) is 0. The average Bonchev–Trinajstić information content (AvgIpc) is 1.91. The molecule has 0 aromatic rings. The fraction of sp³-hybridized carbons (Fsp3) is 0. The van der Waals surface area contributed by atoms with Gasteiger partial charge in [0.05, 0.1) is 6.07 Å². The molecule has 0 aliphatic heterocycles. The first-order valence-electron chi connectivity index (χ1n) is 2.14. The molecular formula is C6H8N2O. The number of nitrogens with one attached hydrogen (secondary N) is 1. The molecule has 0 rings (SSSR count). The van der Waals surface area contributed by atoms with Crippen LogP contribution < -0.4 is 5.32 Å². The fourth-order valence-corrected chi connectivity index (χ4v) is 0.0481. The second kappa shape index (κ2) is 16.1. The third-order valence-electron chi connectivity index (χ3n) is 0.277. The molecule has 0 aliphatic rings. The van der Waals surface area contributed by atoms with Crippen molar-refractivity contribution in [3.8, 4) is 6.07 Å². The van der Waals surface area contributed by atoms with Crippen LogP contribution in [-0.4, -0.2) is 6.41 Å². The topological polar surface area (TPSA) is 52.9 Å². The van der Waals surface area contributed by atoms with Crippen LogP contribution in [0.2, 0.25) is 0 Å². The maximum Gasteiger partial charge on any atom is 0.211 e. The molecule has 9 heavy (non-hydrogen) atoms. The molecule has 0 spiro atoms. The zero-order valence-corrected chi connectivity index (χ0v) is 5.00. The summed E-state index contributed by atoms with van der Waals surface area (Å²) in [6.07, 6.45) is 3.06. The zero-order valence-electron chi connectivity index (χ0n) is 5.00. The molecule has 0 aromatic carbocycles. The Bertz CT molecular complexity index is 118. The van der Waals surface area contributed by atoms with Crippen molar-refractivity contribution in [2.75, 3.05) is 0 Å². The van der Waals surface area contributed by atoms with E-state index in [4.69, 9.17) is 5.26 Å². The van der Waals surface area contributed by atoms with E-state index in [0.29, 0.717) is 6.41 Å². The summed E-state index contributed by atoms with van der Waals surface area (Å²) < 4.78 is 0. The second-order valence-electron chi connectivity index (χ2n) is 0.822. The highest BCUT2D eigenvalue weighted by molar-refractivity contribution is 5.47. The van der Waals surface area contributed by atoms with Gasteiger partial charge in [0.15, 0.2) is 0 Å².